The first-order valence-electron chi connectivity index (χ1n) is 6.55. The van der Waals surface area contributed by atoms with Gasteiger partial charge in [-0.2, -0.15) is 4.98 Å². The molecule has 0 aromatic carbocycles. The van der Waals surface area contributed by atoms with Crippen LogP contribution >= 0.6 is 0 Å². The second-order valence-corrected chi connectivity index (χ2v) is 4.64. The normalized spacial score (nSPS) is 12.4. The van der Waals surface area contributed by atoms with Crippen molar-refractivity contribution in [3.8, 4) is 11.5 Å². The summed E-state index contributed by atoms with van der Waals surface area (Å²) in [6.07, 6.45) is 1.65. The molecule has 106 valence electrons. The van der Waals surface area contributed by atoms with Crippen molar-refractivity contribution in [1.82, 2.24) is 15.1 Å². The number of hydrogen-bond acceptors (Lipinski definition) is 6. The minimum Gasteiger partial charge on any atom is -0.465 e. The van der Waals surface area contributed by atoms with Gasteiger partial charge < -0.3 is 9.26 Å². The van der Waals surface area contributed by atoms with E-state index < -0.39 is 5.92 Å². The molecule has 0 aliphatic rings. The molecule has 0 amide bonds. The largest absolute Gasteiger partial charge is 0.465 e. The van der Waals surface area contributed by atoms with Gasteiger partial charge >= 0.3 is 5.97 Å². The second kappa shape index (κ2) is 6.27. The molecule has 6 heteroatoms. The van der Waals surface area contributed by atoms with E-state index in [1.54, 1.807) is 25.3 Å². The Morgan fingerprint density at radius 2 is 2.20 bits per heavy atom. The van der Waals surface area contributed by atoms with Crippen LogP contribution in [-0.4, -0.2) is 27.7 Å². The zero-order chi connectivity index (χ0) is 14.5. The van der Waals surface area contributed by atoms with Gasteiger partial charge in [0.25, 0.3) is 0 Å². The highest BCUT2D eigenvalue weighted by Crippen LogP contribution is 2.26. The minimum atomic E-state index is -0.556. The fourth-order valence-corrected chi connectivity index (χ4v) is 1.85. The zero-order valence-electron chi connectivity index (χ0n) is 11.7. The Balaban J connectivity index is 2.28. The van der Waals surface area contributed by atoms with Crippen molar-refractivity contribution in [2.75, 3.05) is 6.61 Å². The number of aromatic nitrogens is 3. The number of carbonyl (C=O) groups excluding carboxylic acids is 1. The van der Waals surface area contributed by atoms with Gasteiger partial charge in [-0.3, -0.25) is 9.78 Å². The Kier molecular flexibility index (Phi) is 4.45. The first kappa shape index (κ1) is 14.2. The first-order valence-corrected chi connectivity index (χ1v) is 6.55. The molecular formula is C14H17N3O3. The number of hydrogen-bond donors (Lipinski definition) is 0. The Morgan fingerprint density at radius 1 is 1.40 bits per heavy atom. The smallest absolute Gasteiger partial charge is 0.318 e. The van der Waals surface area contributed by atoms with Crippen LogP contribution in [0, 0.1) is 5.92 Å². The lowest BCUT2D eigenvalue weighted by atomic mass is 9.96. The summed E-state index contributed by atoms with van der Waals surface area (Å²) in [6.45, 7) is 5.91. The molecule has 2 rings (SSSR count). The van der Waals surface area contributed by atoms with Crippen molar-refractivity contribution in [2.45, 2.75) is 26.7 Å². The SMILES string of the molecule is CCOC(=O)C(c1nc(-c2ccccn2)no1)C(C)C. The van der Waals surface area contributed by atoms with Gasteiger partial charge in [0.05, 0.1) is 6.61 Å². The van der Waals surface area contributed by atoms with Crippen LogP contribution in [0.2, 0.25) is 0 Å². The van der Waals surface area contributed by atoms with Crippen molar-refractivity contribution in [3.05, 3.63) is 30.3 Å². The molecule has 0 aliphatic carbocycles. The third-order valence-corrected chi connectivity index (χ3v) is 2.81. The van der Waals surface area contributed by atoms with Crippen LogP contribution in [0.3, 0.4) is 0 Å². The van der Waals surface area contributed by atoms with Crippen molar-refractivity contribution < 1.29 is 14.1 Å². The van der Waals surface area contributed by atoms with Gasteiger partial charge in [-0.05, 0) is 25.0 Å². The van der Waals surface area contributed by atoms with E-state index in [0.717, 1.165) is 0 Å². The molecule has 0 fully saturated rings. The molecule has 6 nitrogen and oxygen atoms in total. The lowest BCUT2D eigenvalue weighted by Gasteiger charge is -2.14. The summed E-state index contributed by atoms with van der Waals surface area (Å²) in [7, 11) is 0. The Bertz CT molecular complexity index is 566. The molecular weight excluding hydrogens is 258 g/mol. The molecule has 0 saturated carbocycles. The lowest BCUT2D eigenvalue weighted by Crippen LogP contribution is -2.21. The van der Waals surface area contributed by atoms with E-state index in [0.29, 0.717) is 18.1 Å². The molecule has 2 aromatic rings. The van der Waals surface area contributed by atoms with Crippen LogP contribution in [0.15, 0.2) is 28.9 Å². The minimum absolute atomic E-state index is 0.00563. The number of carbonyl (C=O) groups is 1. The molecule has 0 aliphatic heterocycles. The quantitative estimate of drug-likeness (QED) is 0.780. The van der Waals surface area contributed by atoms with Crippen LogP contribution < -0.4 is 0 Å². The Labute approximate surface area is 117 Å². The van der Waals surface area contributed by atoms with E-state index in [-0.39, 0.29) is 17.8 Å². The predicted molar refractivity (Wildman–Crippen MR) is 71.7 cm³/mol. The third kappa shape index (κ3) is 3.01. The standard InChI is InChI=1S/C14H17N3O3/c1-4-19-14(18)11(9(2)3)13-16-12(17-20-13)10-7-5-6-8-15-10/h5-9,11H,4H2,1-3H3. The molecule has 0 saturated heterocycles. The lowest BCUT2D eigenvalue weighted by molar-refractivity contribution is -0.146. The van der Waals surface area contributed by atoms with Gasteiger partial charge in [0, 0.05) is 6.20 Å². The molecule has 2 aromatic heterocycles. The van der Waals surface area contributed by atoms with Crippen molar-refractivity contribution in [2.24, 2.45) is 5.92 Å². The average Bonchev–Trinajstić information content (AvgIpc) is 2.89. The Hall–Kier alpha value is -2.24. The number of rotatable bonds is 5. The van der Waals surface area contributed by atoms with Gasteiger partial charge in [-0.1, -0.05) is 25.1 Å². The van der Waals surface area contributed by atoms with Crippen molar-refractivity contribution >= 4 is 5.97 Å². The van der Waals surface area contributed by atoms with Crippen LogP contribution in [0.25, 0.3) is 11.5 Å². The van der Waals surface area contributed by atoms with Gasteiger partial charge in [-0.25, -0.2) is 0 Å². The van der Waals surface area contributed by atoms with Crippen LogP contribution in [0.5, 0.6) is 0 Å². The molecule has 0 radical (unpaired) electrons. The summed E-state index contributed by atoms with van der Waals surface area (Å²) in [6, 6.07) is 5.42. The monoisotopic (exact) mass is 275 g/mol. The Morgan fingerprint density at radius 3 is 2.80 bits per heavy atom. The van der Waals surface area contributed by atoms with E-state index in [9.17, 15) is 4.79 Å². The summed E-state index contributed by atoms with van der Waals surface area (Å²) in [4.78, 5) is 20.4. The second-order valence-electron chi connectivity index (χ2n) is 4.64. The number of esters is 1. The third-order valence-electron chi connectivity index (χ3n) is 2.81. The molecule has 2 heterocycles. The fourth-order valence-electron chi connectivity index (χ4n) is 1.85. The first-order chi connectivity index (χ1) is 9.63. The molecule has 1 atom stereocenters. The summed E-state index contributed by atoms with van der Waals surface area (Å²) in [5, 5.41) is 3.88. The number of nitrogens with zero attached hydrogens (tertiary/aromatic N) is 3. The maximum absolute atomic E-state index is 12.0. The highest BCUT2D eigenvalue weighted by atomic mass is 16.5. The van der Waals surface area contributed by atoms with Crippen molar-refractivity contribution in [1.29, 1.82) is 0 Å². The predicted octanol–water partition coefficient (Wildman–Crippen LogP) is 2.43. The van der Waals surface area contributed by atoms with Crippen LogP contribution in [-0.2, 0) is 9.53 Å². The van der Waals surface area contributed by atoms with Crippen molar-refractivity contribution in [3.63, 3.8) is 0 Å². The van der Waals surface area contributed by atoms with Crippen LogP contribution in [0.4, 0.5) is 0 Å². The summed E-state index contributed by atoms with van der Waals surface area (Å²) in [5.74, 6) is -0.264. The highest BCUT2D eigenvalue weighted by molar-refractivity contribution is 5.77. The van der Waals surface area contributed by atoms with E-state index >= 15 is 0 Å². The van der Waals surface area contributed by atoms with Gasteiger partial charge in [0.1, 0.15) is 11.6 Å². The van der Waals surface area contributed by atoms with E-state index in [1.165, 1.54) is 0 Å². The zero-order valence-corrected chi connectivity index (χ0v) is 11.7. The summed E-state index contributed by atoms with van der Waals surface area (Å²) < 4.78 is 10.3. The fraction of sp³-hybridized carbons (Fsp3) is 0.429. The van der Waals surface area contributed by atoms with E-state index in [1.807, 2.05) is 19.9 Å². The molecule has 1 unspecified atom stereocenters. The maximum Gasteiger partial charge on any atom is 0.318 e. The van der Waals surface area contributed by atoms with Gasteiger partial charge in [0.15, 0.2) is 0 Å². The molecule has 0 spiro atoms. The van der Waals surface area contributed by atoms with Gasteiger partial charge in [-0.15, -0.1) is 0 Å². The maximum atomic E-state index is 12.0. The van der Waals surface area contributed by atoms with Crippen LogP contribution in [0.1, 0.15) is 32.6 Å². The highest BCUT2D eigenvalue weighted by Gasteiger charge is 2.31. The average molecular weight is 275 g/mol. The summed E-state index contributed by atoms with van der Waals surface area (Å²) >= 11 is 0. The molecule has 20 heavy (non-hydrogen) atoms. The molecule has 0 bridgehead atoms. The number of pyridine rings is 1. The number of ether oxygens (including phenoxy) is 1. The van der Waals surface area contributed by atoms with E-state index in [2.05, 4.69) is 15.1 Å². The summed E-state index contributed by atoms with van der Waals surface area (Å²) in [5.41, 5.74) is 0.605. The van der Waals surface area contributed by atoms with Gasteiger partial charge in [0.2, 0.25) is 11.7 Å². The topological polar surface area (TPSA) is 78.1 Å². The van der Waals surface area contributed by atoms with E-state index in [4.69, 9.17) is 9.26 Å². The molecule has 0 N–H and O–H groups in total.